The van der Waals surface area contributed by atoms with E-state index >= 15 is 0 Å². The summed E-state index contributed by atoms with van der Waals surface area (Å²) in [5.41, 5.74) is 7.40. The van der Waals surface area contributed by atoms with Crippen molar-refractivity contribution in [1.29, 1.82) is 0 Å². The first kappa shape index (κ1) is 11.4. The molecule has 0 aromatic carbocycles. The maximum absolute atomic E-state index is 11.3. The Morgan fingerprint density at radius 1 is 1.50 bits per heavy atom. The molecule has 0 bridgehead atoms. The van der Waals surface area contributed by atoms with E-state index in [1.54, 1.807) is 6.92 Å². The number of nitrogen functional groups attached to an aromatic ring is 1. The van der Waals surface area contributed by atoms with Gasteiger partial charge < -0.3 is 10.6 Å². The van der Waals surface area contributed by atoms with Crippen LogP contribution in [0.2, 0.25) is 0 Å². The van der Waals surface area contributed by atoms with Gasteiger partial charge in [0.1, 0.15) is 0 Å². The fourth-order valence-corrected chi connectivity index (χ4v) is 3.04. The molecule has 3 heterocycles. The summed E-state index contributed by atoms with van der Waals surface area (Å²) in [5, 5.41) is 0.548. The van der Waals surface area contributed by atoms with Gasteiger partial charge in [0.05, 0.1) is 4.70 Å². The van der Waals surface area contributed by atoms with Crippen LogP contribution in [0.15, 0.2) is 12.1 Å². The fraction of sp³-hybridized carbons (Fsp3) is 0.417. The number of nitrogens with zero attached hydrogens (tertiary/aromatic N) is 3. The molecule has 94 valence electrons. The van der Waals surface area contributed by atoms with Crippen molar-refractivity contribution in [3.05, 3.63) is 17.8 Å². The zero-order valence-electron chi connectivity index (χ0n) is 10.1. The van der Waals surface area contributed by atoms with E-state index in [0.29, 0.717) is 11.0 Å². The molecule has 1 atom stereocenters. The van der Waals surface area contributed by atoms with E-state index in [4.69, 9.17) is 5.73 Å². The smallest absolute Gasteiger partial charge is 0.219 e. The minimum Gasteiger partial charge on any atom is -0.375 e. The molecular formula is C12H14N4OS. The Morgan fingerprint density at radius 2 is 2.33 bits per heavy atom. The number of aromatic nitrogens is 2. The predicted molar refractivity (Wildman–Crippen MR) is 71.4 cm³/mol. The Bertz CT molecular complexity index is 609. The van der Waals surface area contributed by atoms with Gasteiger partial charge in [0.15, 0.2) is 10.8 Å². The third kappa shape index (κ3) is 1.92. The van der Waals surface area contributed by atoms with Crippen LogP contribution in [0.3, 0.4) is 0 Å². The van der Waals surface area contributed by atoms with Crippen molar-refractivity contribution in [2.45, 2.75) is 19.3 Å². The molecule has 5 nitrogen and oxygen atoms in total. The van der Waals surface area contributed by atoms with E-state index in [1.807, 2.05) is 17.0 Å². The summed E-state index contributed by atoms with van der Waals surface area (Å²) in [6.45, 7) is 3.19. The van der Waals surface area contributed by atoms with Crippen molar-refractivity contribution in [2.75, 3.05) is 18.8 Å². The van der Waals surface area contributed by atoms with Gasteiger partial charge in [-0.1, -0.05) is 11.3 Å². The van der Waals surface area contributed by atoms with E-state index in [-0.39, 0.29) is 5.91 Å². The Hall–Kier alpha value is -1.69. The quantitative estimate of drug-likeness (QED) is 0.847. The molecule has 3 rings (SSSR count). The molecular weight excluding hydrogens is 248 g/mol. The van der Waals surface area contributed by atoms with Crippen LogP contribution in [0.5, 0.6) is 0 Å². The molecule has 1 saturated heterocycles. The molecule has 2 aromatic heterocycles. The second-order valence-corrected chi connectivity index (χ2v) is 5.62. The van der Waals surface area contributed by atoms with Crippen molar-refractivity contribution in [3.8, 4) is 0 Å². The summed E-state index contributed by atoms with van der Waals surface area (Å²) in [6.07, 6.45) is 0.970. The molecule has 1 aliphatic rings. The van der Waals surface area contributed by atoms with Crippen molar-refractivity contribution >= 4 is 32.7 Å². The number of anilines is 1. The molecule has 2 N–H and O–H groups in total. The third-order valence-corrected chi connectivity index (χ3v) is 4.18. The van der Waals surface area contributed by atoms with E-state index in [0.717, 1.165) is 35.6 Å². The number of rotatable bonds is 1. The molecule has 1 aliphatic heterocycles. The predicted octanol–water partition coefficient (Wildman–Crippen LogP) is 1.61. The minimum absolute atomic E-state index is 0.136. The normalized spacial score (nSPS) is 19.6. The first-order chi connectivity index (χ1) is 8.63. The highest BCUT2D eigenvalue weighted by Crippen LogP contribution is 2.29. The van der Waals surface area contributed by atoms with Gasteiger partial charge in [-0.25, -0.2) is 9.97 Å². The lowest BCUT2D eigenvalue weighted by Crippen LogP contribution is -2.25. The lowest BCUT2D eigenvalue weighted by atomic mass is 10.0. The van der Waals surface area contributed by atoms with Crippen LogP contribution >= 0.6 is 11.3 Å². The van der Waals surface area contributed by atoms with Gasteiger partial charge in [0, 0.05) is 31.6 Å². The number of carbonyl (C=O) groups is 1. The van der Waals surface area contributed by atoms with Crippen LogP contribution in [-0.4, -0.2) is 33.9 Å². The van der Waals surface area contributed by atoms with Crippen molar-refractivity contribution in [2.24, 2.45) is 0 Å². The summed E-state index contributed by atoms with van der Waals surface area (Å²) in [5.74, 6) is 0.456. The monoisotopic (exact) mass is 262 g/mol. The van der Waals surface area contributed by atoms with Gasteiger partial charge in [-0.2, -0.15) is 0 Å². The number of likely N-dealkylation sites (tertiary alicyclic amines) is 1. The van der Waals surface area contributed by atoms with Gasteiger partial charge in [-0.3, -0.25) is 4.79 Å². The maximum Gasteiger partial charge on any atom is 0.219 e. The van der Waals surface area contributed by atoms with Crippen LogP contribution < -0.4 is 5.73 Å². The molecule has 1 fully saturated rings. The van der Waals surface area contributed by atoms with Gasteiger partial charge >= 0.3 is 0 Å². The second kappa shape index (κ2) is 4.20. The van der Waals surface area contributed by atoms with Crippen LogP contribution in [0.25, 0.3) is 10.3 Å². The highest BCUT2D eigenvalue weighted by molar-refractivity contribution is 7.21. The number of thiazole rings is 1. The van der Waals surface area contributed by atoms with Crippen molar-refractivity contribution in [1.82, 2.24) is 14.9 Å². The van der Waals surface area contributed by atoms with Crippen molar-refractivity contribution < 1.29 is 4.79 Å². The summed E-state index contributed by atoms with van der Waals surface area (Å²) >= 11 is 1.45. The Morgan fingerprint density at radius 3 is 3.06 bits per heavy atom. The van der Waals surface area contributed by atoms with Crippen LogP contribution in [0.4, 0.5) is 5.13 Å². The van der Waals surface area contributed by atoms with Crippen LogP contribution in [0.1, 0.15) is 25.0 Å². The SMILES string of the molecule is CC(=O)N1CC[C@@H](c2ccc3sc(N)nc3n2)C1. The number of hydrogen-bond acceptors (Lipinski definition) is 5. The number of hydrogen-bond donors (Lipinski definition) is 1. The Labute approximate surface area is 109 Å². The van der Waals surface area contributed by atoms with E-state index in [2.05, 4.69) is 9.97 Å². The van der Waals surface area contributed by atoms with Crippen LogP contribution in [-0.2, 0) is 4.79 Å². The minimum atomic E-state index is 0.136. The summed E-state index contributed by atoms with van der Waals surface area (Å²) < 4.78 is 1.01. The number of fused-ring (bicyclic) bond motifs is 1. The largest absolute Gasteiger partial charge is 0.375 e. The van der Waals surface area contributed by atoms with Gasteiger partial charge in [0.25, 0.3) is 0 Å². The first-order valence-corrected chi connectivity index (χ1v) is 6.73. The van der Waals surface area contributed by atoms with Crippen molar-refractivity contribution in [3.63, 3.8) is 0 Å². The average Bonchev–Trinajstić information content (AvgIpc) is 2.91. The molecule has 0 saturated carbocycles. The third-order valence-electron chi connectivity index (χ3n) is 3.34. The lowest BCUT2D eigenvalue weighted by molar-refractivity contribution is -0.127. The topological polar surface area (TPSA) is 72.1 Å². The standard InChI is InChI=1S/C12H14N4OS/c1-7(17)16-5-4-8(6-16)9-2-3-10-11(14-9)15-12(13)18-10/h2-3,8H,4-6H2,1H3,(H2,13,14,15)/t8-/m1/s1. The van der Waals surface area contributed by atoms with Gasteiger partial charge in [0.2, 0.25) is 5.91 Å². The fourth-order valence-electron chi connectivity index (χ4n) is 2.36. The number of pyridine rings is 1. The van der Waals surface area contributed by atoms with Crippen LogP contribution in [0, 0.1) is 0 Å². The molecule has 0 radical (unpaired) electrons. The molecule has 2 aromatic rings. The second-order valence-electron chi connectivity index (χ2n) is 4.56. The molecule has 0 spiro atoms. The zero-order valence-corrected chi connectivity index (χ0v) is 10.9. The maximum atomic E-state index is 11.3. The van der Waals surface area contributed by atoms with Gasteiger partial charge in [-0.05, 0) is 18.6 Å². The molecule has 0 unspecified atom stereocenters. The Kier molecular flexibility index (Phi) is 2.66. The van der Waals surface area contributed by atoms with E-state index < -0.39 is 0 Å². The average molecular weight is 262 g/mol. The Balaban J connectivity index is 1.88. The molecule has 6 heteroatoms. The highest BCUT2D eigenvalue weighted by Gasteiger charge is 2.26. The van der Waals surface area contributed by atoms with Gasteiger partial charge in [-0.15, -0.1) is 0 Å². The van der Waals surface area contributed by atoms with E-state index in [1.165, 1.54) is 11.3 Å². The summed E-state index contributed by atoms with van der Waals surface area (Å²) in [7, 11) is 0. The molecule has 1 amide bonds. The summed E-state index contributed by atoms with van der Waals surface area (Å²) in [4.78, 5) is 21.9. The summed E-state index contributed by atoms with van der Waals surface area (Å²) in [6, 6.07) is 4.04. The zero-order chi connectivity index (χ0) is 12.7. The first-order valence-electron chi connectivity index (χ1n) is 5.92. The highest BCUT2D eigenvalue weighted by atomic mass is 32.1. The number of carbonyl (C=O) groups excluding carboxylic acids is 1. The number of amides is 1. The molecule has 0 aliphatic carbocycles. The lowest BCUT2D eigenvalue weighted by Gasteiger charge is -2.13. The molecule has 18 heavy (non-hydrogen) atoms. The van der Waals surface area contributed by atoms with E-state index in [9.17, 15) is 4.79 Å². The number of nitrogens with two attached hydrogens (primary N) is 1.